The summed E-state index contributed by atoms with van der Waals surface area (Å²) in [5.41, 5.74) is 0.692. The van der Waals surface area contributed by atoms with E-state index >= 15 is 0 Å². The van der Waals surface area contributed by atoms with Crippen LogP contribution in [0.15, 0.2) is 27.1 Å². The van der Waals surface area contributed by atoms with Crippen LogP contribution in [0.5, 0.6) is 0 Å². The second-order valence-corrected chi connectivity index (χ2v) is 4.79. The molecule has 1 N–H and O–H groups in total. The lowest BCUT2D eigenvalue weighted by Gasteiger charge is -1.98. The molecule has 0 amide bonds. The Balaban J connectivity index is 2.18. The second kappa shape index (κ2) is 5.49. The Labute approximate surface area is 116 Å². The highest BCUT2D eigenvalue weighted by atomic mass is 79.9. The lowest BCUT2D eigenvalue weighted by molar-refractivity contribution is -0.137. The molecule has 0 bridgehead atoms. The molecule has 2 rings (SSSR count). The molecule has 0 saturated carbocycles. The first-order valence-corrected chi connectivity index (χ1v) is 6.23. The van der Waals surface area contributed by atoms with Crippen molar-refractivity contribution in [1.29, 1.82) is 0 Å². The number of aryl methyl sites for hydroxylation is 1. The van der Waals surface area contributed by atoms with Gasteiger partial charge >= 0.3 is 5.97 Å². The zero-order valence-corrected chi connectivity index (χ0v) is 11.4. The van der Waals surface area contributed by atoms with E-state index < -0.39 is 5.97 Å². The Morgan fingerprint density at radius 2 is 2.22 bits per heavy atom. The molecular formula is C11H8BrClN2O3. The number of halogens is 2. The van der Waals surface area contributed by atoms with E-state index in [2.05, 4.69) is 26.1 Å². The summed E-state index contributed by atoms with van der Waals surface area (Å²) < 4.78 is 6.13. The van der Waals surface area contributed by atoms with Crippen LogP contribution in [0.4, 0.5) is 0 Å². The summed E-state index contributed by atoms with van der Waals surface area (Å²) in [5.74, 6) is -0.280. The van der Waals surface area contributed by atoms with Gasteiger partial charge in [0.1, 0.15) is 0 Å². The minimum atomic E-state index is -0.901. The van der Waals surface area contributed by atoms with Crippen LogP contribution in [0.2, 0.25) is 5.02 Å². The average Bonchev–Trinajstić information content (AvgIpc) is 2.79. The Morgan fingerprint density at radius 1 is 1.44 bits per heavy atom. The number of carboxylic acid groups (broad SMARTS) is 1. The van der Waals surface area contributed by atoms with E-state index in [-0.39, 0.29) is 12.8 Å². The Hall–Kier alpha value is -1.40. The lowest BCUT2D eigenvalue weighted by atomic mass is 10.2. The van der Waals surface area contributed by atoms with Crippen LogP contribution in [0.1, 0.15) is 12.3 Å². The molecule has 0 atom stereocenters. The van der Waals surface area contributed by atoms with Crippen molar-refractivity contribution in [2.75, 3.05) is 0 Å². The predicted molar refractivity (Wildman–Crippen MR) is 68.4 cm³/mol. The Morgan fingerprint density at radius 3 is 2.89 bits per heavy atom. The molecule has 0 aliphatic rings. The third kappa shape index (κ3) is 3.08. The number of benzene rings is 1. The number of hydrogen-bond donors (Lipinski definition) is 1. The van der Waals surface area contributed by atoms with E-state index in [1.54, 1.807) is 18.2 Å². The second-order valence-electron chi connectivity index (χ2n) is 3.52. The highest BCUT2D eigenvalue weighted by Crippen LogP contribution is 2.28. The van der Waals surface area contributed by atoms with E-state index in [0.717, 1.165) is 4.47 Å². The van der Waals surface area contributed by atoms with Crippen molar-refractivity contribution in [2.45, 2.75) is 12.8 Å². The molecule has 0 radical (unpaired) electrons. The van der Waals surface area contributed by atoms with Crippen molar-refractivity contribution in [1.82, 2.24) is 10.2 Å². The number of hydrogen-bond acceptors (Lipinski definition) is 4. The van der Waals surface area contributed by atoms with Gasteiger partial charge in [0.15, 0.2) is 0 Å². The van der Waals surface area contributed by atoms with E-state index in [9.17, 15) is 4.79 Å². The highest BCUT2D eigenvalue weighted by Gasteiger charge is 2.11. The van der Waals surface area contributed by atoms with Crippen LogP contribution in [-0.2, 0) is 11.2 Å². The summed E-state index contributed by atoms with van der Waals surface area (Å²) in [7, 11) is 0. The van der Waals surface area contributed by atoms with Crippen molar-refractivity contribution in [3.05, 3.63) is 33.6 Å². The standard InChI is InChI=1S/C11H8BrClN2O3/c12-7-2-1-6(5-8(7)13)11-15-14-9(18-11)3-4-10(16)17/h1-2,5H,3-4H2,(H,16,17). The van der Waals surface area contributed by atoms with Crippen LogP contribution in [0.3, 0.4) is 0 Å². The topological polar surface area (TPSA) is 76.2 Å². The normalized spacial score (nSPS) is 10.6. The number of rotatable bonds is 4. The molecular weight excluding hydrogens is 323 g/mol. The molecule has 0 aliphatic carbocycles. The number of carbonyl (C=O) groups is 1. The molecule has 0 aliphatic heterocycles. The molecule has 0 saturated heterocycles. The van der Waals surface area contributed by atoms with E-state index in [0.29, 0.717) is 22.4 Å². The quantitative estimate of drug-likeness (QED) is 0.931. The summed E-state index contributed by atoms with van der Waals surface area (Å²) in [6.45, 7) is 0. The molecule has 7 heteroatoms. The molecule has 94 valence electrons. The fourth-order valence-corrected chi connectivity index (χ4v) is 1.74. The maximum atomic E-state index is 10.4. The molecule has 5 nitrogen and oxygen atoms in total. The summed E-state index contributed by atoms with van der Waals surface area (Å²) in [4.78, 5) is 10.4. The van der Waals surface area contributed by atoms with Crippen molar-refractivity contribution in [3.8, 4) is 11.5 Å². The summed E-state index contributed by atoms with van der Waals surface area (Å²) in [6.07, 6.45) is 0.176. The van der Waals surface area contributed by atoms with Crippen LogP contribution >= 0.6 is 27.5 Å². The zero-order valence-electron chi connectivity index (χ0n) is 9.06. The first-order valence-electron chi connectivity index (χ1n) is 5.06. The van der Waals surface area contributed by atoms with Gasteiger partial charge in [-0.3, -0.25) is 4.79 Å². The molecule has 0 fully saturated rings. The van der Waals surface area contributed by atoms with Crippen LogP contribution in [0.25, 0.3) is 11.5 Å². The minimum absolute atomic E-state index is 0.0390. The van der Waals surface area contributed by atoms with Crippen LogP contribution in [0, 0.1) is 0 Å². The largest absolute Gasteiger partial charge is 0.481 e. The minimum Gasteiger partial charge on any atom is -0.481 e. The third-order valence-corrected chi connectivity index (χ3v) is 3.42. The van der Waals surface area contributed by atoms with Crippen LogP contribution in [-0.4, -0.2) is 21.3 Å². The summed E-state index contributed by atoms with van der Waals surface area (Å²) >= 11 is 9.24. The van der Waals surface area contributed by atoms with Crippen molar-refractivity contribution in [2.24, 2.45) is 0 Å². The smallest absolute Gasteiger partial charge is 0.303 e. The van der Waals surface area contributed by atoms with Gasteiger partial charge in [-0.15, -0.1) is 10.2 Å². The first-order chi connectivity index (χ1) is 8.56. The fraction of sp³-hybridized carbons (Fsp3) is 0.182. The number of carboxylic acids is 1. The van der Waals surface area contributed by atoms with Crippen LogP contribution < -0.4 is 0 Å². The monoisotopic (exact) mass is 330 g/mol. The molecule has 1 aromatic carbocycles. The first kappa shape index (κ1) is 13.0. The molecule has 2 aromatic rings. The lowest BCUT2D eigenvalue weighted by Crippen LogP contribution is -1.97. The molecule has 0 unspecified atom stereocenters. The maximum Gasteiger partial charge on any atom is 0.303 e. The average molecular weight is 332 g/mol. The van der Waals surface area contributed by atoms with Gasteiger partial charge in [-0.05, 0) is 34.1 Å². The van der Waals surface area contributed by atoms with E-state index in [1.807, 2.05) is 0 Å². The SMILES string of the molecule is O=C(O)CCc1nnc(-c2ccc(Br)c(Cl)c2)o1. The molecule has 1 aromatic heterocycles. The van der Waals surface area contributed by atoms with E-state index in [1.165, 1.54) is 0 Å². The van der Waals surface area contributed by atoms with Gasteiger partial charge in [-0.1, -0.05) is 11.6 Å². The summed E-state index contributed by atoms with van der Waals surface area (Å²) in [5, 5.41) is 16.7. The van der Waals surface area contributed by atoms with Gasteiger partial charge in [0.2, 0.25) is 11.8 Å². The Kier molecular flexibility index (Phi) is 3.98. The van der Waals surface area contributed by atoms with Gasteiger partial charge in [0, 0.05) is 16.5 Å². The van der Waals surface area contributed by atoms with Crippen molar-refractivity contribution in [3.63, 3.8) is 0 Å². The predicted octanol–water partition coefficient (Wildman–Crippen LogP) is 3.17. The molecule has 18 heavy (non-hydrogen) atoms. The van der Waals surface area contributed by atoms with Gasteiger partial charge in [0.05, 0.1) is 11.4 Å². The van der Waals surface area contributed by atoms with Gasteiger partial charge in [-0.2, -0.15) is 0 Å². The number of aromatic nitrogens is 2. The van der Waals surface area contributed by atoms with Crippen molar-refractivity contribution >= 4 is 33.5 Å². The number of aliphatic carboxylic acids is 1. The molecule has 1 heterocycles. The van der Waals surface area contributed by atoms with E-state index in [4.69, 9.17) is 21.1 Å². The van der Waals surface area contributed by atoms with Gasteiger partial charge < -0.3 is 9.52 Å². The zero-order chi connectivity index (χ0) is 13.1. The number of nitrogens with zero attached hydrogens (tertiary/aromatic N) is 2. The molecule has 0 spiro atoms. The van der Waals surface area contributed by atoms with Gasteiger partial charge in [-0.25, -0.2) is 0 Å². The Bertz CT molecular complexity index is 585. The fourth-order valence-electron chi connectivity index (χ4n) is 1.31. The highest BCUT2D eigenvalue weighted by molar-refractivity contribution is 9.10. The van der Waals surface area contributed by atoms with Gasteiger partial charge in [0.25, 0.3) is 0 Å². The summed E-state index contributed by atoms with van der Waals surface area (Å²) in [6, 6.07) is 5.25. The maximum absolute atomic E-state index is 10.4. The van der Waals surface area contributed by atoms with Crippen molar-refractivity contribution < 1.29 is 14.3 Å². The third-order valence-electron chi connectivity index (χ3n) is 2.19.